The summed E-state index contributed by atoms with van der Waals surface area (Å²) in [4.78, 5) is 11.7. The predicted molar refractivity (Wildman–Crippen MR) is 99.3 cm³/mol. The van der Waals surface area contributed by atoms with Crippen LogP contribution in [0.4, 0.5) is 5.69 Å². The molecule has 1 atom stereocenters. The van der Waals surface area contributed by atoms with Crippen molar-refractivity contribution in [1.29, 1.82) is 0 Å². The molecule has 0 saturated heterocycles. The van der Waals surface area contributed by atoms with Crippen LogP contribution in [0.5, 0.6) is 0 Å². The molecule has 0 aliphatic heterocycles. The van der Waals surface area contributed by atoms with Gasteiger partial charge in [0.1, 0.15) is 0 Å². The Kier molecular flexibility index (Phi) is 7.34. The topological polar surface area (TPSA) is 38.3 Å². The number of esters is 1. The van der Waals surface area contributed by atoms with Crippen molar-refractivity contribution in [1.82, 2.24) is 0 Å². The molecule has 2 aromatic rings. The number of benzene rings is 2. The summed E-state index contributed by atoms with van der Waals surface area (Å²) in [5.41, 5.74) is 2.90. The Hall–Kier alpha value is -2.29. The summed E-state index contributed by atoms with van der Waals surface area (Å²) in [6.07, 6.45) is 4.75. The minimum Gasteiger partial charge on any atom is -0.462 e. The van der Waals surface area contributed by atoms with Crippen LogP contribution >= 0.6 is 0 Å². The maximum absolute atomic E-state index is 11.7. The van der Waals surface area contributed by atoms with Gasteiger partial charge in [-0.3, -0.25) is 0 Å². The zero-order valence-corrected chi connectivity index (χ0v) is 14.6. The fourth-order valence-electron chi connectivity index (χ4n) is 2.72. The smallest absolute Gasteiger partial charge is 0.338 e. The number of ether oxygens (including phenoxy) is 1. The van der Waals surface area contributed by atoms with Crippen molar-refractivity contribution in [2.75, 3.05) is 11.9 Å². The van der Waals surface area contributed by atoms with Crippen molar-refractivity contribution in [3.05, 3.63) is 65.7 Å². The van der Waals surface area contributed by atoms with Crippen LogP contribution in [0.3, 0.4) is 0 Å². The second-order valence-corrected chi connectivity index (χ2v) is 5.90. The van der Waals surface area contributed by atoms with Crippen LogP contribution in [0.25, 0.3) is 0 Å². The van der Waals surface area contributed by atoms with Gasteiger partial charge >= 0.3 is 5.97 Å². The second kappa shape index (κ2) is 9.76. The zero-order chi connectivity index (χ0) is 17.2. The summed E-state index contributed by atoms with van der Waals surface area (Å²) in [5, 5.41) is 3.60. The lowest BCUT2D eigenvalue weighted by Crippen LogP contribution is -2.11. The number of anilines is 1. The van der Waals surface area contributed by atoms with E-state index in [-0.39, 0.29) is 12.0 Å². The SMILES string of the molecule is CCCCCC(Nc1ccc(C(=O)OCC)cc1)c1ccccc1. The largest absolute Gasteiger partial charge is 0.462 e. The normalized spacial score (nSPS) is 11.8. The van der Waals surface area contributed by atoms with E-state index in [1.165, 1.54) is 24.8 Å². The first-order valence-corrected chi connectivity index (χ1v) is 8.83. The standard InChI is InChI=1S/C21H27NO2/c1-3-5-7-12-20(17-10-8-6-9-11-17)22-19-15-13-18(14-16-19)21(23)24-4-2/h6,8-11,13-16,20,22H,3-5,7,12H2,1-2H3. The van der Waals surface area contributed by atoms with E-state index in [0.29, 0.717) is 12.2 Å². The Bertz CT molecular complexity index is 607. The summed E-state index contributed by atoms with van der Waals surface area (Å²) in [7, 11) is 0. The molecule has 0 aliphatic carbocycles. The molecular formula is C21H27NO2. The molecule has 2 rings (SSSR count). The molecule has 3 heteroatoms. The Morgan fingerprint density at radius 1 is 1.00 bits per heavy atom. The zero-order valence-electron chi connectivity index (χ0n) is 14.6. The highest BCUT2D eigenvalue weighted by Gasteiger charge is 2.12. The Balaban J connectivity index is 2.06. The summed E-state index contributed by atoms with van der Waals surface area (Å²) in [6, 6.07) is 18.3. The van der Waals surface area contributed by atoms with E-state index in [1.54, 1.807) is 0 Å². The minimum absolute atomic E-state index is 0.272. The van der Waals surface area contributed by atoms with Crippen LogP contribution in [-0.4, -0.2) is 12.6 Å². The first kappa shape index (κ1) is 18.1. The van der Waals surface area contributed by atoms with Crippen LogP contribution in [0, 0.1) is 0 Å². The number of carbonyl (C=O) groups is 1. The third kappa shape index (κ3) is 5.41. The molecule has 0 aromatic heterocycles. The van der Waals surface area contributed by atoms with Crippen molar-refractivity contribution in [2.24, 2.45) is 0 Å². The molecule has 0 spiro atoms. The van der Waals surface area contributed by atoms with Gasteiger partial charge in [-0.25, -0.2) is 4.79 Å². The fourth-order valence-corrected chi connectivity index (χ4v) is 2.72. The van der Waals surface area contributed by atoms with Gasteiger partial charge in [0.25, 0.3) is 0 Å². The monoisotopic (exact) mass is 325 g/mol. The third-order valence-corrected chi connectivity index (χ3v) is 4.04. The van der Waals surface area contributed by atoms with E-state index in [0.717, 1.165) is 12.1 Å². The summed E-state index contributed by atoms with van der Waals surface area (Å²) < 4.78 is 5.02. The maximum Gasteiger partial charge on any atom is 0.338 e. The number of nitrogens with one attached hydrogen (secondary N) is 1. The van der Waals surface area contributed by atoms with E-state index in [9.17, 15) is 4.79 Å². The number of carbonyl (C=O) groups excluding carboxylic acids is 1. The van der Waals surface area contributed by atoms with Crippen molar-refractivity contribution >= 4 is 11.7 Å². The quantitative estimate of drug-likeness (QED) is 0.482. The Labute approximate surface area is 145 Å². The van der Waals surface area contributed by atoms with Gasteiger partial charge in [-0.2, -0.15) is 0 Å². The molecule has 0 aliphatic rings. The van der Waals surface area contributed by atoms with Gasteiger partial charge in [0.2, 0.25) is 0 Å². The van der Waals surface area contributed by atoms with Gasteiger partial charge in [-0.05, 0) is 43.2 Å². The maximum atomic E-state index is 11.7. The molecule has 128 valence electrons. The molecule has 24 heavy (non-hydrogen) atoms. The molecular weight excluding hydrogens is 298 g/mol. The molecule has 0 bridgehead atoms. The molecule has 3 nitrogen and oxygen atoms in total. The van der Waals surface area contributed by atoms with Crippen LogP contribution < -0.4 is 5.32 Å². The van der Waals surface area contributed by atoms with Gasteiger partial charge < -0.3 is 10.1 Å². The fraction of sp³-hybridized carbons (Fsp3) is 0.381. The molecule has 1 unspecified atom stereocenters. The van der Waals surface area contributed by atoms with Gasteiger partial charge in [-0.15, -0.1) is 0 Å². The third-order valence-electron chi connectivity index (χ3n) is 4.04. The van der Waals surface area contributed by atoms with Crippen molar-refractivity contribution in [2.45, 2.75) is 45.6 Å². The lowest BCUT2D eigenvalue weighted by atomic mass is 10.00. The first-order valence-electron chi connectivity index (χ1n) is 8.83. The minimum atomic E-state index is -0.272. The molecule has 0 amide bonds. The first-order chi connectivity index (χ1) is 11.7. The number of hydrogen-bond acceptors (Lipinski definition) is 3. The number of rotatable bonds is 9. The number of unbranched alkanes of at least 4 members (excludes halogenated alkanes) is 2. The van der Waals surface area contributed by atoms with E-state index in [4.69, 9.17) is 4.74 Å². The van der Waals surface area contributed by atoms with E-state index < -0.39 is 0 Å². The van der Waals surface area contributed by atoms with Crippen molar-refractivity contribution in [3.63, 3.8) is 0 Å². The molecule has 2 aromatic carbocycles. The van der Waals surface area contributed by atoms with Crippen LogP contribution in [-0.2, 0) is 4.74 Å². The average Bonchev–Trinajstić information content (AvgIpc) is 2.62. The summed E-state index contributed by atoms with van der Waals surface area (Å²) in [6.45, 7) is 4.43. The van der Waals surface area contributed by atoms with Gasteiger partial charge in [0.15, 0.2) is 0 Å². The van der Waals surface area contributed by atoms with Gasteiger partial charge in [0.05, 0.1) is 18.2 Å². The molecule has 0 fully saturated rings. The molecule has 0 saturated carbocycles. The Morgan fingerprint density at radius 2 is 1.71 bits per heavy atom. The highest BCUT2D eigenvalue weighted by atomic mass is 16.5. The van der Waals surface area contributed by atoms with Gasteiger partial charge in [-0.1, -0.05) is 56.5 Å². The lowest BCUT2D eigenvalue weighted by Gasteiger charge is -2.20. The van der Waals surface area contributed by atoms with Gasteiger partial charge in [0, 0.05) is 5.69 Å². The van der Waals surface area contributed by atoms with Crippen LogP contribution in [0.15, 0.2) is 54.6 Å². The van der Waals surface area contributed by atoms with Crippen LogP contribution in [0.2, 0.25) is 0 Å². The average molecular weight is 325 g/mol. The molecule has 0 heterocycles. The van der Waals surface area contributed by atoms with E-state index >= 15 is 0 Å². The summed E-state index contributed by atoms with van der Waals surface area (Å²) in [5.74, 6) is -0.272. The molecule has 0 radical (unpaired) electrons. The van der Waals surface area contributed by atoms with Crippen molar-refractivity contribution < 1.29 is 9.53 Å². The molecule has 1 N–H and O–H groups in total. The number of hydrogen-bond donors (Lipinski definition) is 1. The second-order valence-electron chi connectivity index (χ2n) is 5.90. The van der Waals surface area contributed by atoms with E-state index in [1.807, 2.05) is 37.3 Å². The highest BCUT2D eigenvalue weighted by molar-refractivity contribution is 5.89. The predicted octanol–water partition coefficient (Wildman–Crippen LogP) is 5.60. The van der Waals surface area contributed by atoms with Crippen molar-refractivity contribution in [3.8, 4) is 0 Å². The Morgan fingerprint density at radius 3 is 2.33 bits per heavy atom. The van der Waals surface area contributed by atoms with E-state index in [2.05, 4.69) is 36.5 Å². The highest BCUT2D eigenvalue weighted by Crippen LogP contribution is 2.25. The van der Waals surface area contributed by atoms with Crippen LogP contribution in [0.1, 0.15) is 61.5 Å². The summed E-state index contributed by atoms with van der Waals surface area (Å²) >= 11 is 0. The lowest BCUT2D eigenvalue weighted by molar-refractivity contribution is 0.0526.